The Morgan fingerprint density at radius 3 is 1.91 bits per heavy atom. The van der Waals surface area contributed by atoms with Crippen molar-refractivity contribution in [3.8, 4) is 0 Å². The molecule has 0 unspecified atom stereocenters. The number of benzene rings is 2. The number of hydrogen-bond acceptors (Lipinski definition) is 3. The number of likely N-dealkylation sites (N-methyl/N-ethyl adjacent to an activating group) is 1. The highest BCUT2D eigenvalue weighted by molar-refractivity contribution is 6.42. The maximum Gasteiger partial charge on any atom is 0.416 e. The first kappa shape index (κ1) is 35.7. The molecule has 0 aromatic heterocycles. The van der Waals surface area contributed by atoms with Crippen molar-refractivity contribution >= 4 is 46.7 Å². The molecule has 4 rings (SSSR count). The Kier molecular flexibility index (Phi) is 10.8. The van der Waals surface area contributed by atoms with Crippen LogP contribution in [0, 0.1) is 5.92 Å². The van der Waals surface area contributed by atoms with Crippen LogP contribution < -0.4 is 4.90 Å². The van der Waals surface area contributed by atoms with Crippen molar-refractivity contribution in [3.05, 3.63) is 63.1 Å². The second kappa shape index (κ2) is 13.9. The molecule has 2 atom stereocenters. The van der Waals surface area contributed by atoms with Gasteiger partial charge in [0.05, 0.1) is 21.2 Å². The molecule has 2 aromatic carbocycles. The van der Waals surface area contributed by atoms with E-state index in [-0.39, 0.29) is 59.9 Å². The number of nitrogens with zero attached hydrogens (tertiary/aromatic N) is 4. The summed E-state index contributed by atoms with van der Waals surface area (Å²) in [7, 11) is 1.44. The lowest BCUT2D eigenvalue weighted by molar-refractivity contribution is -0.143. The predicted octanol–water partition coefficient (Wildman–Crippen LogP) is 7.55. The zero-order valence-corrected chi connectivity index (χ0v) is 26.9. The first-order valence-corrected chi connectivity index (χ1v) is 15.5. The molecule has 252 valence electrons. The van der Waals surface area contributed by atoms with Crippen LogP contribution in [0.1, 0.15) is 55.7 Å². The lowest BCUT2D eigenvalue weighted by Crippen LogP contribution is -2.55. The van der Waals surface area contributed by atoms with Crippen molar-refractivity contribution in [1.82, 2.24) is 14.7 Å². The number of carbonyl (C=O) groups is 3. The average molecular weight is 696 g/mol. The van der Waals surface area contributed by atoms with Gasteiger partial charge in [0.2, 0.25) is 11.8 Å². The Morgan fingerprint density at radius 2 is 1.41 bits per heavy atom. The average Bonchev–Trinajstić information content (AvgIpc) is 3.00. The lowest BCUT2D eigenvalue weighted by atomic mass is 9.84. The third-order valence-corrected chi connectivity index (χ3v) is 9.52. The van der Waals surface area contributed by atoms with Gasteiger partial charge in [0.1, 0.15) is 0 Å². The van der Waals surface area contributed by atoms with E-state index in [0.29, 0.717) is 43.6 Å². The molecule has 0 spiro atoms. The van der Waals surface area contributed by atoms with Gasteiger partial charge in [0.15, 0.2) is 0 Å². The number of urea groups is 1. The van der Waals surface area contributed by atoms with Gasteiger partial charge in [-0.25, -0.2) is 4.79 Å². The van der Waals surface area contributed by atoms with Crippen molar-refractivity contribution in [2.24, 2.45) is 5.92 Å². The number of carbonyl (C=O) groups excluding carboxylic acids is 3. The van der Waals surface area contributed by atoms with Crippen LogP contribution in [-0.2, 0) is 21.9 Å². The molecule has 2 aliphatic heterocycles. The Bertz CT molecular complexity index is 1430. The highest BCUT2D eigenvalue weighted by Gasteiger charge is 2.41. The zero-order valence-electron chi connectivity index (χ0n) is 25.4. The molecule has 0 N–H and O–H groups in total. The van der Waals surface area contributed by atoms with E-state index in [1.807, 2.05) is 0 Å². The van der Waals surface area contributed by atoms with Crippen LogP contribution in [0.4, 0.5) is 36.8 Å². The van der Waals surface area contributed by atoms with E-state index >= 15 is 0 Å². The third kappa shape index (κ3) is 7.84. The first-order chi connectivity index (χ1) is 21.4. The van der Waals surface area contributed by atoms with Gasteiger partial charge < -0.3 is 14.7 Å². The van der Waals surface area contributed by atoms with Crippen LogP contribution in [0.15, 0.2) is 36.4 Å². The number of alkyl halides is 6. The molecule has 15 heteroatoms. The minimum Gasteiger partial charge on any atom is -0.343 e. The number of halogens is 8. The molecule has 2 heterocycles. The van der Waals surface area contributed by atoms with Gasteiger partial charge in [-0.05, 0) is 62.1 Å². The van der Waals surface area contributed by atoms with E-state index < -0.39 is 47.2 Å². The minimum atomic E-state index is -5.08. The molecule has 4 amide bonds. The van der Waals surface area contributed by atoms with Crippen LogP contribution in [0.2, 0.25) is 10.0 Å². The summed E-state index contributed by atoms with van der Waals surface area (Å²) in [5, 5.41) is 0.528. The van der Waals surface area contributed by atoms with Gasteiger partial charge in [0.25, 0.3) is 0 Å². The van der Waals surface area contributed by atoms with Crippen molar-refractivity contribution in [2.75, 3.05) is 44.7 Å². The zero-order chi connectivity index (χ0) is 34.1. The maximum absolute atomic E-state index is 13.9. The Morgan fingerprint density at radius 1 is 0.848 bits per heavy atom. The number of likely N-dealkylation sites (tertiary alicyclic amines) is 2. The van der Waals surface area contributed by atoms with Crippen molar-refractivity contribution in [1.29, 1.82) is 0 Å². The van der Waals surface area contributed by atoms with Crippen LogP contribution >= 0.6 is 23.2 Å². The van der Waals surface area contributed by atoms with Crippen molar-refractivity contribution in [2.45, 2.75) is 57.4 Å². The smallest absolute Gasteiger partial charge is 0.343 e. The van der Waals surface area contributed by atoms with E-state index in [9.17, 15) is 40.7 Å². The molecular formula is C31H34Cl2F6N4O3. The van der Waals surface area contributed by atoms with Crippen LogP contribution in [0.5, 0.6) is 0 Å². The molecule has 2 saturated heterocycles. The molecule has 2 fully saturated rings. The summed E-state index contributed by atoms with van der Waals surface area (Å²) in [6.45, 7) is 4.10. The van der Waals surface area contributed by atoms with E-state index in [1.54, 1.807) is 28.0 Å². The molecule has 0 aliphatic carbocycles. The summed E-state index contributed by atoms with van der Waals surface area (Å²) < 4.78 is 81.6. The first-order valence-electron chi connectivity index (χ1n) is 14.7. The number of amides is 4. The fourth-order valence-corrected chi connectivity index (χ4v) is 6.53. The quantitative estimate of drug-likeness (QED) is 0.304. The third-order valence-electron chi connectivity index (χ3n) is 8.78. The van der Waals surface area contributed by atoms with Gasteiger partial charge in [0, 0.05) is 70.3 Å². The van der Waals surface area contributed by atoms with E-state index in [2.05, 4.69) is 0 Å². The highest BCUT2D eigenvalue weighted by Crippen LogP contribution is 2.40. The normalized spacial score (nSPS) is 19.6. The fraction of sp³-hybridized carbons (Fsp3) is 0.516. The SMILES string of the molecule is CCN(C(=O)N(C)[C@@H]1CCN(C(=O)C2CCN(C(C)=O)CC2)C[C@H]1c1ccc(Cl)c(Cl)c1)c1cc(C(F)(F)F)cc(C(F)(F)F)c1. The standard InChI is InChI=1S/C31H34Cl2F6N4O3/c1-4-43(23-15-21(30(34,35)36)14-22(16-23)31(37,38)39)29(46)40(3)27-9-12-42(17-24(27)20-5-6-25(32)26(33)13-20)28(45)19-7-10-41(11-8-19)18(2)44/h5-6,13-16,19,24,27H,4,7-12,17H2,1-3H3/t24-,27+/m0/s1. The molecular weight excluding hydrogens is 661 g/mol. The van der Waals surface area contributed by atoms with Crippen LogP contribution in [0.3, 0.4) is 0 Å². The molecule has 2 aromatic rings. The summed E-state index contributed by atoms with van der Waals surface area (Å²) in [6.07, 6.45) is -8.86. The molecule has 0 bridgehead atoms. The largest absolute Gasteiger partial charge is 0.416 e. The molecule has 7 nitrogen and oxygen atoms in total. The van der Waals surface area contributed by atoms with Crippen molar-refractivity contribution in [3.63, 3.8) is 0 Å². The minimum absolute atomic E-state index is 0.0164. The van der Waals surface area contributed by atoms with E-state index in [4.69, 9.17) is 23.2 Å². The van der Waals surface area contributed by atoms with Crippen LogP contribution in [0.25, 0.3) is 0 Å². The van der Waals surface area contributed by atoms with Crippen molar-refractivity contribution < 1.29 is 40.7 Å². The van der Waals surface area contributed by atoms with Gasteiger partial charge in [-0.2, -0.15) is 26.3 Å². The Hall–Kier alpha value is -3.19. The summed E-state index contributed by atoms with van der Waals surface area (Å²) in [4.78, 5) is 44.8. The second-order valence-electron chi connectivity index (χ2n) is 11.6. The number of rotatable bonds is 5. The fourth-order valence-electron chi connectivity index (χ4n) is 6.23. The number of anilines is 1. The lowest BCUT2D eigenvalue weighted by Gasteiger charge is -2.45. The van der Waals surface area contributed by atoms with Gasteiger partial charge in [-0.15, -0.1) is 0 Å². The summed E-state index contributed by atoms with van der Waals surface area (Å²) in [5.74, 6) is -0.940. The Balaban J connectivity index is 1.64. The van der Waals surface area contributed by atoms with Gasteiger partial charge >= 0.3 is 18.4 Å². The maximum atomic E-state index is 13.9. The highest BCUT2D eigenvalue weighted by atomic mass is 35.5. The number of piperidine rings is 2. The summed E-state index contributed by atoms with van der Waals surface area (Å²) in [5.41, 5.74) is -2.94. The van der Waals surface area contributed by atoms with E-state index in [0.717, 1.165) is 4.90 Å². The molecule has 46 heavy (non-hydrogen) atoms. The van der Waals surface area contributed by atoms with Gasteiger partial charge in [-0.3, -0.25) is 14.5 Å². The molecule has 2 aliphatic rings. The topological polar surface area (TPSA) is 64.2 Å². The number of hydrogen-bond donors (Lipinski definition) is 0. The monoisotopic (exact) mass is 694 g/mol. The Labute approximate surface area is 273 Å². The van der Waals surface area contributed by atoms with Crippen LogP contribution in [-0.4, -0.2) is 78.4 Å². The molecule has 0 saturated carbocycles. The summed E-state index contributed by atoms with van der Waals surface area (Å²) in [6, 6.07) is 4.58. The predicted molar refractivity (Wildman–Crippen MR) is 162 cm³/mol. The van der Waals surface area contributed by atoms with E-state index in [1.165, 1.54) is 25.8 Å². The second-order valence-corrected chi connectivity index (χ2v) is 12.4. The van der Waals surface area contributed by atoms with Gasteiger partial charge in [-0.1, -0.05) is 29.3 Å². The summed E-state index contributed by atoms with van der Waals surface area (Å²) >= 11 is 12.5. The molecule has 0 radical (unpaired) electrons.